The molecule has 1 saturated heterocycles. The second kappa shape index (κ2) is 3.89. The van der Waals surface area contributed by atoms with E-state index in [-0.39, 0.29) is 17.1 Å². The van der Waals surface area contributed by atoms with Gasteiger partial charge in [0.2, 0.25) is 0 Å². The van der Waals surface area contributed by atoms with Gasteiger partial charge < -0.3 is 4.74 Å². The Morgan fingerprint density at radius 1 is 1.40 bits per heavy atom. The Bertz CT molecular complexity index is 253. The third kappa shape index (κ3) is 2.60. The summed E-state index contributed by atoms with van der Waals surface area (Å²) in [7, 11) is 0. The molecule has 2 nitrogen and oxygen atoms in total. The van der Waals surface area contributed by atoms with Crippen LogP contribution < -0.4 is 0 Å². The maximum atomic E-state index is 11.7. The van der Waals surface area contributed by atoms with E-state index in [4.69, 9.17) is 4.74 Å². The van der Waals surface area contributed by atoms with Gasteiger partial charge in [0.05, 0.1) is 11.2 Å². The number of carbonyl (C=O) groups excluding carboxylic acids is 1. The lowest BCUT2D eigenvalue weighted by atomic mass is 9.76. The maximum absolute atomic E-state index is 11.7. The lowest BCUT2D eigenvalue weighted by Gasteiger charge is -2.30. The first kappa shape index (κ1) is 12.7. The zero-order chi connectivity index (χ0) is 11.9. The van der Waals surface area contributed by atoms with Crippen LogP contribution in [0.1, 0.15) is 54.4 Å². The molecule has 15 heavy (non-hydrogen) atoms. The van der Waals surface area contributed by atoms with Gasteiger partial charge in [0.1, 0.15) is 5.78 Å². The molecule has 2 unspecified atom stereocenters. The van der Waals surface area contributed by atoms with Gasteiger partial charge in [-0.2, -0.15) is 0 Å². The summed E-state index contributed by atoms with van der Waals surface area (Å²) in [5, 5.41) is 0. The quantitative estimate of drug-likeness (QED) is 0.718. The molecule has 1 heterocycles. The first-order valence-corrected chi connectivity index (χ1v) is 5.92. The van der Waals surface area contributed by atoms with E-state index in [9.17, 15) is 4.79 Å². The SMILES string of the molecule is CCC(=O)C(C)C1CC(C)(C)OC1(C)C. The van der Waals surface area contributed by atoms with Gasteiger partial charge in [-0.25, -0.2) is 0 Å². The smallest absolute Gasteiger partial charge is 0.135 e. The zero-order valence-electron chi connectivity index (χ0n) is 10.9. The zero-order valence-corrected chi connectivity index (χ0v) is 10.9. The van der Waals surface area contributed by atoms with E-state index in [0.29, 0.717) is 18.1 Å². The molecule has 1 aliphatic heterocycles. The number of rotatable bonds is 3. The minimum Gasteiger partial charge on any atom is -0.369 e. The van der Waals surface area contributed by atoms with E-state index >= 15 is 0 Å². The van der Waals surface area contributed by atoms with Crippen molar-refractivity contribution < 1.29 is 9.53 Å². The van der Waals surface area contributed by atoms with Crippen LogP contribution in [0.25, 0.3) is 0 Å². The highest BCUT2D eigenvalue weighted by molar-refractivity contribution is 5.80. The number of carbonyl (C=O) groups is 1. The number of Topliss-reactive ketones (excluding diaryl/α,β-unsaturated/α-hetero) is 1. The summed E-state index contributed by atoms with van der Waals surface area (Å²) in [6.45, 7) is 12.4. The number of ketones is 1. The molecule has 0 amide bonds. The fourth-order valence-corrected chi connectivity index (χ4v) is 2.93. The summed E-state index contributed by atoms with van der Waals surface area (Å²) in [4.78, 5) is 11.7. The molecular formula is C13H24O2. The average molecular weight is 212 g/mol. The van der Waals surface area contributed by atoms with Crippen LogP contribution in [0.4, 0.5) is 0 Å². The van der Waals surface area contributed by atoms with Gasteiger partial charge in [0, 0.05) is 12.3 Å². The molecule has 0 aromatic rings. The van der Waals surface area contributed by atoms with Crippen molar-refractivity contribution >= 4 is 5.78 Å². The maximum Gasteiger partial charge on any atom is 0.135 e. The molecule has 1 aliphatic rings. The fourth-order valence-electron chi connectivity index (χ4n) is 2.93. The summed E-state index contributed by atoms with van der Waals surface area (Å²) >= 11 is 0. The van der Waals surface area contributed by atoms with Crippen molar-refractivity contribution in [2.24, 2.45) is 11.8 Å². The van der Waals surface area contributed by atoms with Crippen LogP contribution >= 0.6 is 0 Å². The highest BCUT2D eigenvalue weighted by Gasteiger charge is 2.48. The van der Waals surface area contributed by atoms with Crippen LogP contribution in [0, 0.1) is 11.8 Å². The van der Waals surface area contributed by atoms with Crippen molar-refractivity contribution in [3.05, 3.63) is 0 Å². The van der Waals surface area contributed by atoms with E-state index in [0.717, 1.165) is 6.42 Å². The van der Waals surface area contributed by atoms with Crippen molar-refractivity contribution in [3.8, 4) is 0 Å². The van der Waals surface area contributed by atoms with Crippen molar-refractivity contribution in [1.82, 2.24) is 0 Å². The van der Waals surface area contributed by atoms with Crippen molar-refractivity contribution in [3.63, 3.8) is 0 Å². The molecule has 88 valence electrons. The van der Waals surface area contributed by atoms with Crippen LogP contribution in [0.5, 0.6) is 0 Å². The molecule has 0 spiro atoms. The molecule has 1 fully saturated rings. The second-order valence-electron chi connectivity index (χ2n) is 5.88. The van der Waals surface area contributed by atoms with Gasteiger partial charge >= 0.3 is 0 Å². The Kier molecular flexibility index (Phi) is 3.30. The van der Waals surface area contributed by atoms with Crippen molar-refractivity contribution in [1.29, 1.82) is 0 Å². The third-order valence-corrected chi connectivity index (χ3v) is 3.60. The topological polar surface area (TPSA) is 26.3 Å². The van der Waals surface area contributed by atoms with Crippen molar-refractivity contribution in [2.45, 2.75) is 65.6 Å². The van der Waals surface area contributed by atoms with Gasteiger partial charge in [-0.1, -0.05) is 13.8 Å². The first-order valence-electron chi connectivity index (χ1n) is 5.92. The summed E-state index contributed by atoms with van der Waals surface area (Å²) in [6, 6.07) is 0. The Hall–Kier alpha value is -0.370. The molecule has 0 aromatic carbocycles. The monoisotopic (exact) mass is 212 g/mol. The predicted molar refractivity (Wildman–Crippen MR) is 61.8 cm³/mol. The molecular weight excluding hydrogens is 188 g/mol. The summed E-state index contributed by atoms with van der Waals surface area (Å²) < 4.78 is 6.01. The van der Waals surface area contributed by atoms with Crippen molar-refractivity contribution in [2.75, 3.05) is 0 Å². The fraction of sp³-hybridized carbons (Fsp3) is 0.923. The molecule has 0 N–H and O–H groups in total. The highest BCUT2D eigenvalue weighted by Crippen LogP contribution is 2.45. The van der Waals surface area contributed by atoms with E-state index in [1.807, 2.05) is 13.8 Å². The van der Waals surface area contributed by atoms with Gasteiger partial charge in [-0.3, -0.25) is 4.79 Å². The molecule has 0 bridgehead atoms. The average Bonchev–Trinajstić information content (AvgIpc) is 2.31. The van der Waals surface area contributed by atoms with Gasteiger partial charge in [-0.15, -0.1) is 0 Å². The van der Waals surface area contributed by atoms with E-state index in [1.54, 1.807) is 0 Å². The minimum absolute atomic E-state index is 0.0869. The normalized spacial score (nSPS) is 30.1. The predicted octanol–water partition coefficient (Wildman–Crippen LogP) is 3.20. The molecule has 0 aliphatic carbocycles. The highest BCUT2D eigenvalue weighted by atomic mass is 16.5. The minimum atomic E-state index is -0.173. The molecule has 2 atom stereocenters. The molecule has 2 heteroatoms. The van der Waals surface area contributed by atoms with E-state index in [2.05, 4.69) is 27.7 Å². The van der Waals surface area contributed by atoms with Gasteiger partial charge in [0.25, 0.3) is 0 Å². The molecule has 0 radical (unpaired) electrons. The second-order valence-corrected chi connectivity index (χ2v) is 5.88. The van der Waals surface area contributed by atoms with Crippen LogP contribution in [-0.4, -0.2) is 17.0 Å². The number of ether oxygens (including phenoxy) is 1. The van der Waals surface area contributed by atoms with E-state index in [1.165, 1.54) is 0 Å². The van der Waals surface area contributed by atoms with Crippen LogP contribution in [0.15, 0.2) is 0 Å². The molecule has 1 rings (SSSR count). The Morgan fingerprint density at radius 3 is 2.27 bits per heavy atom. The van der Waals surface area contributed by atoms with Crippen LogP contribution in [0.3, 0.4) is 0 Å². The summed E-state index contributed by atoms with van der Waals surface area (Å²) in [5.74, 6) is 0.820. The van der Waals surface area contributed by atoms with E-state index < -0.39 is 0 Å². The summed E-state index contributed by atoms with van der Waals surface area (Å²) in [5.41, 5.74) is -0.260. The summed E-state index contributed by atoms with van der Waals surface area (Å²) in [6.07, 6.45) is 1.61. The van der Waals surface area contributed by atoms with Crippen LogP contribution in [0.2, 0.25) is 0 Å². The lowest BCUT2D eigenvalue weighted by Crippen LogP contribution is -2.35. The Balaban J connectivity index is 2.82. The largest absolute Gasteiger partial charge is 0.369 e. The lowest BCUT2D eigenvalue weighted by molar-refractivity contribution is -0.127. The molecule has 0 aromatic heterocycles. The molecule has 0 saturated carbocycles. The Morgan fingerprint density at radius 2 is 1.93 bits per heavy atom. The standard InChI is InChI=1S/C13H24O2/c1-7-11(14)9(2)10-8-12(3,4)15-13(10,5)6/h9-10H,7-8H2,1-6H3. The van der Waals surface area contributed by atoms with Crippen LogP contribution in [-0.2, 0) is 9.53 Å². The Labute approximate surface area is 93.4 Å². The number of hydrogen-bond acceptors (Lipinski definition) is 2. The van der Waals surface area contributed by atoms with Gasteiger partial charge in [-0.05, 0) is 40.0 Å². The first-order chi connectivity index (χ1) is 6.69. The third-order valence-electron chi connectivity index (χ3n) is 3.60. The van der Waals surface area contributed by atoms with Gasteiger partial charge in [0.15, 0.2) is 0 Å². The number of hydrogen-bond donors (Lipinski definition) is 0.